The second kappa shape index (κ2) is 56.9. The smallest absolute Gasteiger partial charge is 0.361 e. The topological polar surface area (TPSA) is 108 Å². The van der Waals surface area contributed by atoms with Gasteiger partial charge in [-0.05, 0) is 89.9 Å². The third kappa shape index (κ3) is 57.4. The Hall–Kier alpha value is -4.31. The van der Waals surface area contributed by atoms with Gasteiger partial charge in [0.25, 0.3) is 6.29 Å². The summed E-state index contributed by atoms with van der Waals surface area (Å²) in [6, 6.07) is 0. The number of carboxylic acids is 1. The number of unbranched alkanes of at least 4 members (excludes halogenated alkanes) is 19. The van der Waals surface area contributed by atoms with Crippen molar-refractivity contribution >= 4 is 17.9 Å². The van der Waals surface area contributed by atoms with Crippen LogP contribution in [0.15, 0.2) is 122 Å². The fourth-order valence-electron chi connectivity index (χ4n) is 7.86. The Morgan fingerprint density at radius 3 is 1.12 bits per heavy atom. The molecule has 0 aliphatic rings. The Balaban J connectivity index is 4.23. The van der Waals surface area contributed by atoms with E-state index in [1.807, 2.05) is 21.1 Å². The molecule has 0 heterocycles. The van der Waals surface area contributed by atoms with Crippen molar-refractivity contribution in [3.8, 4) is 0 Å². The summed E-state index contributed by atoms with van der Waals surface area (Å²) in [5.74, 6) is -2.03. The molecule has 0 fully saturated rings. The highest BCUT2D eigenvalue weighted by Crippen LogP contribution is 2.15. The minimum atomic E-state index is -1.52. The third-order valence-corrected chi connectivity index (χ3v) is 12.5. The van der Waals surface area contributed by atoms with Crippen LogP contribution in [0, 0.1) is 0 Å². The molecule has 0 spiro atoms. The molecule has 0 amide bonds. The van der Waals surface area contributed by atoms with Gasteiger partial charge in [-0.15, -0.1) is 0 Å². The van der Waals surface area contributed by atoms with E-state index >= 15 is 0 Å². The van der Waals surface area contributed by atoms with E-state index in [0.29, 0.717) is 23.9 Å². The van der Waals surface area contributed by atoms with Crippen molar-refractivity contribution in [1.29, 1.82) is 0 Å². The Labute approximate surface area is 466 Å². The van der Waals surface area contributed by atoms with Crippen LogP contribution in [0.5, 0.6) is 0 Å². The fourth-order valence-corrected chi connectivity index (χ4v) is 7.86. The van der Waals surface area contributed by atoms with Crippen LogP contribution >= 0.6 is 0 Å². The zero-order chi connectivity index (χ0) is 55.5. The summed E-state index contributed by atoms with van der Waals surface area (Å²) in [5, 5.41) is 9.69. The average Bonchev–Trinajstić information content (AvgIpc) is 3.39. The zero-order valence-corrected chi connectivity index (χ0v) is 49.1. The van der Waals surface area contributed by atoms with E-state index in [0.717, 1.165) is 122 Å². The predicted octanol–water partition coefficient (Wildman–Crippen LogP) is 18.1. The van der Waals surface area contributed by atoms with Crippen LogP contribution in [0.1, 0.15) is 226 Å². The Kier molecular flexibility index (Phi) is 53.7. The second-order valence-electron chi connectivity index (χ2n) is 20.9. The van der Waals surface area contributed by atoms with E-state index in [4.69, 9.17) is 18.9 Å². The van der Waals surface area contributed by atoms with Crippen LogP contribution in [0.4, 0.5) is 0 Å². The first-order chi connectivity index (χ1) is 37.1. The van der Waals surface area contributed by atoms with Gasteiger partial charge in [0.15, 0.2) is 6.10 Å². The molecular formula is C67H112NO8+. The van der Waals surface area contributed by atoms with Crippen LogP contribution in [-0.4, -0.2) is 87.4 Å². The molecule has 9 heteroatoms. The van der Waals surface area contributed by atoms with Crippen LogP contribution in [0.3, 0.4) is 0 Å². The monoisotopic (exact) mass is 1060 g/mol. The summed E-state index contributed by atoms with van der Waals surface area (Å²) in [4.78, 5) is 37.4. The van der Waals surface area contributed by atoms with Crippen LogP contribution < -0.4 is 0 Å². The molecule has 9 nitrogen and oxygen atoms in total. The summed E-state index contributed by atoms with van der Waals surface area (Å²) in [6.45, 7) is 4.74. The summed E-state index contributed by atoms with van der Waals surface area (Å²) in [7, 11) is 5.95. The van der Waals surface area contributed by atoms with Crippen LogP contribution in [-0.2, 0) is 33.3 Å². The second-order valence-corrected chi connectivity index (χ2v) is 20.9. The van der Waals surface area contributed by atoms with Crippen LogP contribution in [0.2, 0.25) is 0 Å². The number of ether oxygens (including phenoxy) is 4. The molecule has 0 saturated carbocycles. The number of esters is 2. The molecule has 0 aliphatic heterocycles. The van der Waals surface area contributed by atoms with Crippen molar-refractivity contribution < 1.29 is 42.9 Å². The highest BCUT2D eigenvalue weighted by atomic mass is 16.7. The third-order valence-electron chi connectivity index (χ3n) is 12.5. The van der Waals surface area contributed by atoms with Gasteiger partial charge < -0.3 is 28.5 Å². The first-order valence-corrected chi connectivity index (χ1v) is 30.2. The number of hydrogen-bond acceptors (Lipinski definition) is 7. The number of allylic oxidation sites excluding steroid dienone is 20. The summed E-state index contributed by atoms with van der Waals surface area (Å²) in [5.41, 5.74) is 0. The number of likely N-dealkylation sites (N-methyl/N-ethyl adjacent to an activating group) is 1. The summed E-state index contributed by atoms with van der Waals surface area (Å²) < 4.78 is 22.8. The minimum Gasteiger partial charge on any atom is -0.477 e. The number of aliphatic carboxylic acids is 1. The maximum Gasteiger partial charge on any atom is 0.361 e. The first-order valence-electron chi connectivity index (χ1n) is 30.2. The molecule has 0 aromatic rings. The zero-order valence-electron chi connectivity index (χ0n) is 49.1. The summed E-state index contributed by atoms with van der Waals surface area (Å²) >= 11 is 0. The number of carbonyl (C=O) groups is 3. The van der Waals surface area contributed by atoms with Gasteiger partial charge >= 0.3 is 17.9 Å². The van der Waals surface area contributed by atoms with Crippen molar-refractivity contribution in [2.24, 2.45) is 0 Å². The van der Waals surface area contributed by atoms with E-state index in [1.54, 1.807) is 0 Å². The molecule has 2 unspecified atom stereocenters. The molecule has 0 saturated heterocycles. The SMILES string of the molecule is CC/C=C\C/C=C\C/C=C\C/C=C\C/C=C\C/C=C\C/C=C\C/C=C\C/C=C\C/C=C\CCCCCCCCC(=O)OC(COC(=O)CCCCCCCCCCCCCCCC)COC(OCC[N+](C)(C)C)C(=O)O. The number of nitrogens with zero attached hydrogens (tertiary/aromatic N) is 1. The number of quaternary nitrogens is 1. The molecule has 0 aliphatic carbocycles. The van der Waals surface area contributed by atoms with Gasteiger partial charge in [0.05, 0.1) is 34.4 Å². The average molecular weight is 1060 g/mol. The molecule has 1 N–H and O–H groups in total. The molecule has 432 valence electrons. The maximum absolute atomic E-state index is 12.9. The standard InChI is InChI=1S/C67H111NO8/c1-6-8-10-12-14-16-18-20-22-23-24-25-26-27-28-29-30-31-32-33-34-35-36-37-38-39-40-41-42-43-44-46-48-50-52-54-56-58-65(70)76-63(62-75-67(66(71)72)73-60-59-68(3,4)5)61-74-64(69)57-55-53-51-49-47-45-21-19-17-15-13-11-9-7-2/h8,10,14,16,20,22,24-25,27-28,30-31,33-34,36-37,39-40,42-43,63,67H,6-7,9,11-13,15,17-19,21,23,26,29,32,35,38,41,44-62H2,1-5H3/p+1/b10-8-,16-14-,22-20-,25-24-,28-27-,31-30-,34-33-,37-36-,40-39-,43-42-. The van der Waals surface area contributed by atoms with Gasteiger partial charge in [0, 0.05) is 12.8 Å². The normalized spacial score (nSPS) is 13.6. The van der Waals surface area contributed by atoms with Gasteiger partial charge in [-0.25, -0.2) is 4.79 Å². The quantitative estimate of drug-likeness (QED) is 0.0211. The molecule has 0 aromatic carbocycles. The Morgan fingerprint density at radius 1 is 0.408 bits per heavy atom. The number of rotatable bonds is 54. The first kappa shape index (κ1) is 71.7. The van der Waals surface area contributed by atoms with Crippen molar-refractivity contribution in [1.82, 2.24) is 0 Å². The highest BCUT2D eigenvalue weighted by Gasteiger charge is 2.25. The fraction of sp³-hybridized carbons (Fsp3) is 0.657. The molecule has 2 atom stereocenters. The van der Waals surface area contributed by atoms with Crippen LogP contribution in [0.25, 0.3) is 0 Å². The lowest BCUT2D eigenvalue weighted by atomic mass is 10.0. The van der Waals surface area contributed by atoms with Gasteiger partial charge in [-0.2, -0.15) is 0 Å². The van der Waals surface area contributed by atoms with Gasteiger partial charge in [0.1, 0.15) is 13.2 Å². The van der Waals surface area contributed by atoms with Crippen molar-refractivity contribution in [3.05, 3.63) is 122 Å². The van der Waals surface area contributed by atoms with E-state index < -0.39 is 24.3 Å². The molecular weight excluding hydrogens is 947 g/mol. The van der Waals surface area contributed by atoms with Crippen molar-refractivity contribution in [2.45, 2.75) is 238 Å². The van der Waals surface area contributed by atoms with E-state index in [1.165, 1.54) is 70.6 Å². The number of carbonyl (C=O) groups excluding carboxylic acids is 2. The molecule has 0 bridgehead atoms. The summed E-state index contributed by atoms with van der Waals surface area (Å²) in [6.07, 6.45) is 77.1. The minimum absolute atomic E-state index is 0.180. The lowest BCUT2D eigenvalue weighted by molar-refractivity contribution is -0.870. The van der Waals surface area contributed by atoms with Gasteiger partial charge in [-0.1, -0.05) is 245 Å². The Morgan fingerprint density at radius 2 is 0.750 bits per heavy atom. The lowest BCUT2D eigenvalue weighted by Crippen LogP contribution is -2.40. The largest absolute Gasteiger partial charge is 0.477 e. The molecule has 76 heavy (non-hydrogen) atoms. The molecule has 0 radical (unpaired) electrons. The maximum atomic E-state index is 12.9. The highest BCUT2D eigenvalue weighted by molar-refractivity contribution is 5.71. The van der Waals surface area contributed by atoms with Crippen molar-refractivity contribution in [3.63, 3.8) is 0 Å². The van der Waals surface area contributed by atoms with Gasteiger partial charge in [-0.3, -0.25) is 9.59 Å². The van der Waals surface area contributed by atoms with Gasteiger partial charge in [0.2, 0.25) is 0 Å². The predicted molar refractivity (Wildman–Crippen MR) is 322 cm³/mol. The number of hydrogen-bond donors (Lipinski definition) is 1. The molecule has 0 rings (SSSR count). The van der Waals surface area contributed by atoms with Crippen molar-refractivity contribution in [2.75, 3.05) is 47.5 Å². The van der Waals surface area contributed by atoms with E-state index in [-0.39, 0.29) is 32.2 Å². The Bertz CT molecular complexity index is 1660. The number of carboxylic acid groups (broad SMARTS) is 1. The van der Waals surface area contributed by atoms with E-state index in [2.05, 4.69) is 135 Å². The lowest BCUT2D eigenvalue weighted by Gasteiger charge is -2.25. The van der Waals surface area contributed by atoms with E-state index in [9.17, 15) is 19.5 Å². The molecule has 0 aromatic heterocycles.